The van der Waals surface area contributed by atoms with Gasteiger partial charge in [0, 0.05) is 13.2 Å². The van der Waals surface area contributed by atoms with Crippen LogP contribution in [-0.2, 0) is 19.1 Å². The summed E-state index contributed by atoms with van der Waals surface area (Å²) < 4.78 is 9.69. The SMILES string of the molecule is C=CC(=O)NC(O)C(=O)OCCC.CCCOCCC. The van der Waals surface area contributed by atoms with E-state index in [0.717, 1.165) is 32.1 Å². The molecule has 0 saturated heterocycles. The highest BCUT2D eigenvalue weighted by Crippen LogP contribution is 1.87. The van der Waals surface area contributed by atoms with E-state index in [1.807, 2.05) is 12.2 Å². The molecule has 0 aliphatic rings. The van der Waals surface area contributed by atoms with E-state index >= 15 is 0 Å². The molecule has 0 bridgehead atoms. The second-order valence-corrected chi connectivity index (χ2v) is 3.90. The van der Waals surface area contributed by atoms with Crippen molar-refractivity contribution in [3.05, 3.63) is 12.7 Å². The topological polar surface area (TPSA) is 84.9 Å². The van der Waals surface area contributed by atoms with Gasteiger partial charge in [0.1, 0.15) is 0 Å². The predicted molar refractivity (Wildman–Crippen MR) is 77.0 cm³/mol. The monoisotopic (exact) mass is 289 g/mol. The molecule has 0 heterocycles. The van der Waals surface area contributed by atoms with E-state index in [4.69, 9.17) is 9.84 Å². The number of hydrogen-bond donors (Lipinski definition) is 2. The molecule has 0 fully saturated rings. The van der Waals surface area contributed by atoms with Gasteiger partial charge in [-0.3, -0.25) is 4.79 Å². The van der Waals surface area contributed by atoms with Crippen LogP contribution in [0.4, 0.5) is 0 Å². The fraction of sp³-hybridized carbons (Fsp3) is 0.714. The summed E-state index contributed by atoms with van der Waals surface area (Å²) in [4.78, 5) is 21.4. The van der Waals surface area contributed by atoms with Crippen molar-refractivity contribution in [2.45, 2.75) is 46.3 Å². The quantitative estimate of drug-likeness (QED) is 0.290. The number of rotatable bonds is 9. The van der Waals surface area contributed by atoms with Gasteiger partial charge in [0.25, 0.3) is 0 Å². The maximum atomic E-state index is 10.8. The smallest absolute Gasteiger partial charge is 0.356 e. The lowest BCUT2D eigenvalue weighted by molar-refractivity contribution is -0.157. The van der Waals surface area contributed by atoms with Crippen molar-refractivity contribution in [3.63, 3.8) is 0 Å². The standard InChI is InChI=1S/C8H13NO4.C6H14O/c1-3-5-13-8(12)7(11)9-6(10)4-2;1-3-5-7-6-4-2/h4,7,11H,2-3,5H2,1H3,(H,9,10);3-6H2,1-2H3. The molecule has 0 radical (unpaired) electrons. The zero-order valence-corrected chi connectivity index (χ0v) is 12.7. The van der Waals surface area contributed by atoms with Crippen molar-refractivity contribution in [1.82, 2.24) is 5.32 Å². The van der Waals surface area contributed by atoms with Gasteiger partial charge in [-0.25, -0.2) is 4.79 Å². The van der Waals surface area contributed by atoms with Gasteiger partial charge in [-0.05, 0) is 25.3 Å². The van der Waals surface area contributed by atoms with Gasteiger partial charge in [-0.2, -0.15) is 0 Å². The molecule has 0 rings (SSSR count). The van der Waals surface area contributed by atoms with Crippen LogP contribution in [0.25, 0.3) is 0 Å². The van der Waals surface area contributed by atoms with Crippen molar-refractivity contribution in [2.75, 3.05) is 19.8 Å². The van der Waals surface area contributed by atoms with Gasteiger partial charge in [0.05, 0.1) is 6.61 Å². The maximum Gasteiger partial charge on any atom is 0.356 e. The largest absolute Gasteiger partial charge is 0.462 e. The first kappa shape index (κ1) is 20.9. The van der Waals surface area contributed by atoms with E-state index in [0.29, 0.717) is 6.42 Å². The number of ether oxygens (including phenoxy) is 2. The van der Waals surface area contributed by atoms with Crippen LogP contribution in [0.1, 0.15) is 40.0 Å². The van der Waals surface area contributed by atoms with Crippen LogP contribution in [0.3, 0.4) is 0 Å². The Hall–Kier alpha value is -1.40. The van der Waals surface area contributed by atoms with Crippen LogP contribution in [-0.4, -0.2) is 43.0 Å². The highest BCUT2D eigenvalue weighted by molar-refractivity contribution is 5.90. The molecular weight excluding hydrogens is 262 g/mol. The minimum atomic E-state index is -1.61. The van der Waals surface area contributed by atoms with Crippen LogP contribution < -0.4 is 5.32 Å². The molecule has 6 nitrogen and oxygen atoms in total. The van der Waals surface area contributed by atoms with E-state index in [1.54, 1.807) is 0 Å². The second-order valence-electron chi connectivity index (χ2n) is 3.90. The number of aliphatic hydroxyl groups is 1. The average molecular weight is 289 g/mol. The van der Waals surface area contributed by atoms with Gasteiger partial charge < -0.3 is 19.9 Å². The van der Waals surface area contributed by atoms with Gasteiger partial charge >= 0.3 is 5.97 Å². The first-order chi connectivity index (χ1) is 9.53. The summed E-state index contributed by atoms with van der Waals surface area (Å²) in [7, 11) is 0. The summed E-state index contributed by atoms with van der Waals surface area (Å²) >= 11 is 0. The normalized spacial score (nSPS) is 10.8. The summed E-state index contributed by atoms with van der Waals surface area (Å²) in [6, 6.07) is 0. The zero-order chi connectivity index (χ0) is 15.8. The third kappa shape index (κ3) is 14.7. The Morgan fingerprint density at radius 3 is 2.05 bits per heavy atom. The van der Waals surface area contributed by atoms with Gasteiger partial charge in [-0.1, -0.05) is 27.4 Å². The Kier molecular flexibility index (Phi) is 16.4. The maximum absolute atomic E-state index is 10.8. The number of hydrogen-bond acceptors (Lipinski definition) is 5. The Morgan fingerprint density at radius 2 is 1.65 bits per heavy atom. The number of nitrogens with one attached hydrogen (secondary N) is 1. The molecule has 118 valence electrons. The molecule has 0 aromatic carbocycles. The molecular formula is C14H27NO5. The highest BCUT2D eigenvalue weighted by atomic mass is 16.5. The Balaban J connectivity index is 0. The molecule has 0 spiro atoms. The highest BCUT2D eigenvalue weighted by Gasteiger charge is 2.16. The molecule has 0 aliphatic carbocycles. The first-order valence-corrected chi connectivity index (χ1v) is 6.88. The van der Waals surface area contributed by atoms with E-state index in [9.17, 15) is 9.59 Å². The lowest BCUT2D eigenvalue weighted by atomic mass is 10.5. The Morgan fingerprint density at radius 1 is 1.15 bits per heavy atom. The number of amides is 1. The summed E-state index contributed by atoms with van der Waals surface area (Å²) in [5, 5.41) is 11.0. The van der Waals surface area contributed by atoms with Crippen LogP contribution in [0.2, 0.25) is 0 Å². The van der Waals surface area contributed by atoms with Crippen molar-refractivity contribution in [2.24, 2.45) is 0 Å². The van der Waals surface area contributed by atoms with E-state index in [-0.39, 0.29) is 6.61 Å². The van der Waals surface area contributed by atoms with Crippen LogP contribution >= 0.6 is 0 Å². The molecule has 0 aliphatic heterocycles. The first-order valence-electron chi connectivity index (χ1n) is 6.88. The van der Waals surface area contributed by atoms with Crippen LogP contribution in [0, 0.1) is 0 Å². The van der Waals surface area contributed by atoms with E-state index in [2.05, 4.69) is 25.2 Å². The summed E-state index contributed by atoms with van der Waals surface area (Å²) in [6.07, 6.45) is 2.28. The molecule has 0 aromatic heterocycles. The Labute approximate surface area is 121 Å². The number of carbonyl (C=O) groups excluding carboxylic acids is 2. The minimum absolute atomic E-state index is 0.222. The van der Waals surface area contributed by atoms with Gasteiger partial charge in [-0.15, -0.1) is 0 Å². The summed E-state index contributed by atoms with van der Waals surface area (Å²) in [6.45, 7) is 11.3. The van der Waals surface area contributed by atoms with Gasteiger partial charge in [0.15, 0.2) is 0 Å². The zero-order valence-electron chi connectivity index (χ0n) is 12.7. The van der Waals surface area contributed by atoms with Crippen LogP contribution in [0.5, 0.6) is 0 Å². The predicted octanol–water partition coefficient (Wildman–Crippen LogP) is 1.38. The molecule has 20 heavy (non-hydrogen) atoms. The molecule has 0 saturated carbocycles. The Bertz CT molecular complexity index is 264. The van der Waals surface area contributed by atoms with Crippen molar-refractivity contribution in [1.29, 1.82) is 0 Å². The molecule has 6 heteroatoms. The van der Waals surface area contributed by atoms with Crippen molar-refractivity contribution < 1.29 is 24.2 Å². The fourth-order valence-corrected chi connectivity index (χ4v) is 0.925. The van der Waals surface area contributed by atoms with E-state index in [1.165, 1.54) is 0 Å². The average Bonchev–Trinajstić information content (AvgIpc) is 2.45. The molecule has 1 atom stereocenters. The summed E-state index contributed by atoms with van der Waals surface area (Å²) in [5.41, 5.74) is 0. The third-order valence-corrected chi connectivity index (χ3v) is 1.83. The number of carbonyl (C=O) groups is 2. The molecule has 0 aromatic rings. The number of aliphatic hydroxyl groups excluding tert-OH is 1. The summed E-state index contributed by atoms with van der Waals surface area (Å²) in [5.74, 6) is -1.49. The number of esters is 1. The van der Waals surface area contributed by atoms with Gasteiger partial charge in [0.2, 0.25) is 12.1 Å². The second kappa shape index (κ2) is 15.7. The molecule has 1 amide bonds. The lowest BCUT2D eigenvalue weighted by Crippen LogP contribution is -2.40. The van der Waals surface area contributed by atoms with E-state index < -0.39 is 18.1 Å². The van der Waals surface area contributed by atoms with Crippen LogP contribution in [0.15, 0.2) is 12.7 Å². The fourth-order valence-electron chi connectivity index (χ4n) is 0.925. The third-order valence-electron chi connectivity index (χ3n) is 1.83. The molecule has 2 N–H and O–H groups in total. The molecule has 1 unspecified atom stereocenters. The van der Waals surface area contributed by atoms with Crippen molar-refractivity contribution in [3.8, 4) is 0 Å². The van der Waals surface area contributed by atoms with Crippen molar-refractivity contribution >= 4 is 11.9 Å². The lowest BCUT2D eigenvalue weighted by Gasteiger charge is -2.09. The minimum Gasteiger partial charge on any atom is -0.462 e.